The highest BCUT2D eigenvalue weighted by atomic mass is 16.6. The van der Waals surface area contributed by atoms with Crippen LogP contribution in [-0.4, -0.2) is 33.4 Å². The molecule has 0 saturated carbocycles. The molecule has 1 aliphatic heterocycles. The molecular formula is C17H21N3O3. The molecule has 0 spiro atoms. The molecule has 23 heavy (non-hydrogen) atoms. The van der Waals surface area contributed by atoms with Crippen molar-refractivity contribution in [3.8, 4) is 0 Å². The van der Waals surface area contributed by atoms with Gasteiger partial charge in [0.05, 0.1) is 4.92 Å². The van der Waals surface area contributed by atoms with E-state index in [1.807, 2.05) is 22.5 Å². The van der Waals surface area contributed by atoms with E-state index in [0.29, 0.717) is 24.3 Å². The molecule has 6 nitrogen and oxygen atoms in total. The summed E-state index contributed by atoms with van der Waals surface area (Å²) in [6, 6.07) is 5.11. The molecule has 0 atom stereocenters. The van der Waals surface area contributed by atoms with Crippen LogP contribution in [0.5, 0.6) is 0 Å². The van der Waals surface area contributed by atoms with E-state index in [1.165, 1.54) is 6.07 Å². The predicted molar refractivity (Wildman–Crippen MR) is 88.8 cm³/mol. The van der Waals surface area contributed by atoms with Gasteiger partial charge in [0.25, 0.3) is 11.6 Å². The number of amides is 1. The first-order chi connectivity index (χ1) is 11.1. The van der Waals surface area contributed by atoms with Crippen molar-refractivity contribution in [3.63, 3.8) is 0 Å². The second-order valence-corrected chi connectivity index (χ2v) is 5.90. The number of nitro benzene ring substituents is 1. The Morgan fingerprint density at radius 2 is 2.09 bits per heavy atom. The third-order valence-corrected chi connectivity index (χ3v) is 4.58. The summed E-state index contributed by atoms with van der Waals surface area (Å²) in [5.41, 5.74) is 2.25. The van der Waals surface area contributed by atoms with Crippen molar-refractivity contribution < 1.29 is 9.72 Å². The van der Waals surface area contributed by atoms with Crippen molar-refractivity contribution in [2.75, 3.05) is 13.1 Å². The predicted octanol–water partition coefficient (Wildman–Crippen LogP) is 3.37. The third kappa shape index (κ3) is 2.38. The first kappa shape index (κ1) is 15.5. The highest BCUT2D eigenvalue weighted by Crippen LogP contribution is 2.35. The molecule has 0 saturated heterocycles. The zero-order valence-corrected chi connectivity index (χ0v) is 13.5. The normalized spacial score (nSPS) is 14.3. The Hall–Kier alpha value is -2.37. The molecule has 3 rings (SSSR count). The van der Waals surface area contributed by atoms with Gasteiger partial charge in [0.1, 0.15) is 11.2 Å². The van der Waals surface area contributed by atoms with Crippen molar-refractivity contribution in [2.24, 2.45) is 0 Å². The molecule has 1 aliphatic rings. The minimum Gasteiger partial charge on any atom is -0.337 e. The van der Waals surface area contributed by atoms with E-state index in [4.69, 9.17) is 0 Å². The highest BCUT2D eigenvalue weighted by Gasteiger charge is 2.32. The number of nitrogens with zero attached hydrogens (tertiary/aromatic N) is 3. The Labute approximate surface area is 134 Å². The van der Waals surface area contributed by atoms with Crippen molar-refractivity contribution in [2.45, 2.75) is 39.7 Å². The average Bonchev–Trinajstić information content (AvgIpc) is 2.88. The number of hydrogen-bond acceptors (Lipinski definition) is 3. The monoisotopic (exact) mass is 315 g/mol. The van der Waals surface area contributed by atoms with Gasteiger partial charge < -0.3 is 9.47 Å². The van der Waals surface area contributed by atoms with Crippen LogP contribution < -0.4 is 0 Å². The van der Waals surface area contributed by atoms with E-state index < -0.39 is 0 Å². The first-order valence-corrected chi connectivity index (χ1v) is 8.17. The molecular weight excluding hydrogens is 294 g/mol. The molecule has 122 valence electrons. The number of carbonyl (C=O) groups is 1. The largest absolute Gasteiger partial charge is 0.337 e. The number of para-hydroxylation sites is 1. The van der Waals surface area contributed by atoms with Gasteiger partial charge in [-0.2, -0.15) is 0 Å². The summed E-state index contributed by atoms with van der Waals surface area (Å²) in [5.74, 6) is 0.00653. The van der Waals surface area contributed by atoms with Crippen LogP contribution in [0.25, 0.3) is 10.9 Å². The lowest BCUT2D eigenvalue weighted by molar-refractivity contribution is -0.383. The Kier molecular flexibility index (Phi) is 4.07. The zero-order valence-electron chi connectivity index (χ0n) is 13.5. The van der Waals surface area contributed by atoms with Crippen molar-refractivity contribution in [1.82, 2.24) is 9.47 Å². The summed E-state index contributed by atoms with van der Waals surface area (Å²) in [6.45, 7) is 6.02. The van der Waals surface area contributed by atoms with Crippen LogP contribution >= 0.6 is 0 Å². The van der Waals surface area contributed by atoms with Gasteiger partial charge in [-0.1, -0.05) is 25.5 Å². The van der Waals surface area contributed by atoms with Crippen molar-refractivity contribution >= 4 is 22.5 Å². The first-order valence-electron chi connectivity index (χ1n) is 8.17. The minimum absolute atomic E-state index is 0.00653. The quantitative estimate of drug-likeness (QED) is 0.627. The molecule has 0 N–H and O–H groups in total. The molecule has 2 aromatic rings. The van der Waals surface area contributed by atoms with Crippen molar-refractivity contribution in [1.29, 1.82) is 0 Å². The number of benzene rings is 1. The zero-order chi connectivity index (χ0) is 16.6. The molecule has 1 aromatic heterocycles. The van der Waals surface area contributed by atoms with Gasteiger partial charge in [0.2, 0.25) is 0 Å². The molecule has 1 amide bonds. The number of non-ortho nitro benzene ring substituents is 1. The minimum atomic E-state index is -0.362. The van der Waals surface area contributed by atoms with Gasteiger partial charge in [-0.3, -0.25) is 14.9 Å². The number of hydrogen-bond donors (Lipinski definition) is 0. The number of aromatic nitrogens is 1. The second kappa shape index (κ2) is 6.02. The average molecular weight is 315 g/mol. The summed E-state index contributed by atoms with van der Waals surface area (Å²) in [5, 5.41) is 12.2. The highest BCUT2D eigenvalue weighted by molar-refractivity contribution is 6.05. The standard InChI is InChI=1S/C17H21N3O3/c1-3-5-10-18-11-9-13-12-7-6-8-14(20(22)23)15(12)19(4-2)16(13)17(18)21/h6-8H,3-5,9-11H2,1-2H3. The SMILES string of the molecule is CCCCN1CCc2c(n(CC)c3c([N+](=O)[O-])cccc23)C1=O. The van der Waals surface area contributed by atoms with E-state index in [2.05, 4.69) is 6.92 Å². The molecule has 6 heteroatoms. The van der Waals surface area contributed by atoms with Gasteiger partial charge in [-0.15, -0.1) is 0 Å². The van der Waals surface area contributed by atoms with E-state index in [-0.39, 0.29) is 16.5 Å². The fourth-order valence-corrected chi connectivity index (χ4v) is 3.48. The van der Waals surface area contributed by atoms with Crippen LogP contribution in [0.1, 0.15) is 42.7 Å². The Balaban J connectivity index is 2.20. The van der Waals surface area contributed by atoms with E-state index >= 15 is 0 Å². The van der Waals surface area contributed by atoms with E-state index in [0.717, 1.165) is 36.8 Å². The smallest absolute Gasteiger partial charge is 0.293 e. The maximum Gasteiger partial charge on any atom is 0.293 e. The Bertz CT molecular complexity index is 779. The molecule has 0 radical (unpaired) electrons. The van der Waals surface area contributed by atoms with Crippen LogP contribution in [0.3, 0.4) is 0 Å². The van der Waals surface area contributed by atoms with E-state index in [9.17, 15) is 14.9 Å². The van der Waals surface area contributed by atoms with Crippen molar-refractivity contribution in [3.05, 3.63) is 39.6 Å². The number of fused-ring (bicyclic) bond motifs is 3. The molecule has 0 aliphatic carbocycles. The number of unbranched alkanes of at least 4 members (excludes halogenated alkanes) is 1. The third-order valence-electron chi connectivity index (χ3n) is 4.58. The van der Waals surface area contributed by atoms with Gasteiger partial charge in [-0.25, -0.2) is 0 Å². The van der Waals surface area contributed by atoms with Gasteiger partial charge >= 0.3 is 0 Å². The fourth-order valence-electron chi connectivity index (χ4n) is 3.48. The van der Waals surface area contributed by atoms with Crippen LogP contribution in [0.4, 0.5) is 5.69 Å². The number of rotatable bonds is 5. The van der Waals surface area contributed by atoms with Gasteiger partial charge in [0, 0.05) is 31.1 Å². The van der Waals surface area contributed by atoms with Crippen LogP contribution in [0, 0.1) is 10.1 Å². The molecule has 1 aromatic carbocycles. The Morgan fingerprint density at radius 1 is 1.30 bits per heavy atom. The lowest BCUT2D eigenvalue weighted by Gasteiger charge is -2.28. The van der Waals surface area contributed by atoms with E-state index in [1.54, 1.807) is 6.07 Å². The topological polar surface area (TPSA) is 68.4 Å². The van der Waals surface area contributed by atoms with Gasteiger partial charge in [-0.05, 0) is 25.3 Å². The molecule has 0 fully saturated rings. The van der Waals surface area contributed by atoms with Gasteiger partial charge in [0.15, 0.2) is 0 Å². The summed E-state index contributed by atoms with van der Waals surface area (Å²) >= 11 is 0. The van der Waals surface area contributed by atoms with Crippen LogP contribution in [0.2, 0.25) is 0 Å². The van der Waals surface area contributed by atoms with Crippen LogP contribution in [-0.2, 0) is 13.0 Å². The lowest BCUT2D eigenvalue weighted by Crippen LogP contribution is -2.39. The maximum atomic E-state index is 12.9. The number of carbonyl (C=O) groups excluding carboxylic acids is 1. The number of nitro groups is 1. The number of aryl methyl sites for hydroxylation is 1. The second-order valence-electron chi connectivity index (χ2n) is 5.90. The summed E-state index contributed by atoms with van der Waals surface area (Å²) in [7, 11) is 0. The molecule has 0 bridgehead atoms. The maximum absolute atomic E-state index is 12.9. The van der Waals surface area contributed by atoms with Crippen LogP contribution in [0.15, 0.2) is 18.2 Å². The summed E-state index contributed by atoms with van der Waals surface area (Å²) in [4.78, 5) is 25.8. The molecule has 2 heterocycles. The lowest BCUT2D eigenvalue weighted by atomic mass is 10.0. The Morgan fingerprint density at radius 3 is 2.74 bits per heavy atom. The summed E-state index contributed by atoms with van der Waals surface area (Å²) < 4.78 is 1.82. The summed E-state index contributed by atoms with van der Waals surface area (Å²) in [6.07, 6.45) is 2.78. The fraction of sp³-hybridized carbons (Fsp3) is 0.471. The molecule has 0 unspecified atom stereocenters.